The molecule has 0 fully saturated rings. The Morgan fingerprint density at radius 3 is 2.26 bits per heavy atom. The normalized spacial score (nSPS) is 11.5. The summed E-state index contributed by atoms with van der Waals surface area (Å²) < 4.78 is 15.2. The van der Waals surface area contributed by atoms with Gasteiger partial charge in [0, 0.05) is 23.8 Å². The number of Topliss-reactive ketones (excluding diaryl/α,β-unsaturated/α-hetero) is 1. The second-order valence-electron chi connectivity index (χ2n) is 5.68. The topological polar surface area (TPSA) is 51.1 Å². The van der Waals surface area contributed by atoms with E-state index in [2.05, 4.69) is 5.32 Å². The summed E-state index contributed by atoms with van der Waals surface area (Å²) in [5, 5.41) is 2.60. The van der Waals surface area contributed by atoms with Crippen LogP contribution in [0.2, 0.25) is 0 Å². The summed E-state index contributed by atoms with van der Waals surface area (Å²) in [7, 11) is 1.54. The molecule has 5 heteroatoms. The molecule has 0 unspecified atom stereocenters. The maximum Gasteiger partial charge on any atom is 0.292 e. The van der Waals surface area contributed by atoms with E-state index < -0.39 is 23.2 Å². The van der Waals surface area contributed by atoms with E-state index in [-0.39, 0.29) is 5.56 Å². The molecule has 0 saturated heterocycles. The maximum absolute atomic E-state index is 13.9. The standard InChI is InChI=1S/C14H21FN2O2/c1-7-9-10(8(2)17(6)12(9)15)11(18)13(19)16-14(3,4)5/h7H2,1-6H3,(H,16,19). The third kappa shape index (κ3) is 3.03. The van der Waals surface area contributed by atoms with Gasteiger partial charge in [0.25, 0.3) is 11.7 Å². The molecule has 1 rings (SSSR count). The molecule has 0 aromatic carbocycles. The second-order valence-corrected chi connectivity index (χ2v) is 5.68. The molecule has 106 valence electrons. The van der Waals surface area contributed by atoms with E-state index in [1.807, 2.05) is 0 Å². The number of nitrogens with one attached hydrogen (secondary N) is 1. The molecular formula is C14H21FN2O2. The predicted molar refractivity (Wildman–Crippen MR) is 71.7 cm³/mol. The summed E-state index contributed by atoms with van der Waals surface area (Å²) in [6.45, 7) is 8.77. The van der Waals surface area contributed by atoms with E-state index in [0.717, 1.165) is 0 Å². The minimum absolute atomic E-state index is 0.184. The highest BCUT2D eigenvalue weighted by atomic mass is 19.1. The van der Waals surface area contributed by atoms with Gasteiger partial charge < -0.3 is 9.88 Å². The molecule has 0 saturated carbocycles. The number of hydrogen-bond acceptors (Lipinski definition) is 2. The van der Waals surface area contributed by atoms with Crippen LogP contribution < -0.4 is 5.32 Å². The average Bonchev–Trinajstić information content (AvgIpc) is 2.50. The molecule has 0 aliphatic rings. The Kier molecular flexibility index (Phi) is 4.18. The molecule has 1 aromatic heterocycles. The lowest BCUT2D eigenvalue weighted by molar-refractivity contribution is -0.118. The molecule has 4 nitrogen and oxygen atoms in total. The van der Waals surface area contributed by atoms with Crippen molar-refractivity contribution in [3.05, 3.63) is 22.8 Å². The summed E-state index contributed by atoms with van der Waals surface area (Å²) >= 11 is 0. The number of aromatic nitrogens is 1. The van der Waals surface area contributed by atoms with Crippen LogP contribution in [0.25, 0.3) is 0 Å². The second kappa shape index (κ2) is 5.15. The average molecular weight is 268 g/mol. The summed E-state index contributed by atoms with van der Waals surface area (Å²) in [5.41, 5.74) is 0.460. The van der Waals surface area contributed by atoms with Crippen molar-refractivity contribution >= 4 is 11.7 Å². The van der Waals surface area contributed by atoms with Crippen molar-refractivity contribution in [3.63, 3.8) is 0 Å². The number of carbonyl (C=O) groups excluding carboxylic acids is 2. The fourth-order valence-electron chi connectivity index (χ4n) is 1.97. The van der Waals surface area contributed by atoms with Gasteiger partial charge >= 0.3 is 0 Å². The van der Waals surface area contributed by atoms with Crippen LogP contribution in [-0.4, -0.2) is 21.8 Å². The predicted octanol–water partition coefficient (Wildman–Crippen LogP) is 2.13. The highest BCUT2D eigenvalue weighted by Gasteiger charge is 2.29. The smallest absolute Gasteiger partial charge is 0.292 e. The molecular weight excluding hydrogens is 247 g/mol. The summed E-state index contributed by atoms with van der Waals surface area (Å²) in [6, 6.07) is 0. The Labute approximate surface area is 113 Å². The van der Waals surface area contributed by atoms with E-state index >= 15 is 0 Å². The zero-order valence-electron chi connectivity index (χ0n) is 12.3. The van der Waals surface area contributed by atoms with Gasteiger partial charge in [-0.05, 0) is 34.1 Å². The van der Waals surface area contributed by atoms with E-state index in [4.69, 9.17) is 0 Å². The van der Waals surface area contributed by atoms with Crippen molar-refractivity contribution < 1.29 is 14.0 Å². The number of halogens is 1. The fourth-order valence-corrected chi connectivity index (χ4v) is 1.97. The summed E-state index contributed by atoms with van der Waals surface area (Å²) in [5.74, 6) is -1.83. The number of amides is 1. The van der Waals surface area contributed by atoms with Gasteiger partial charge in [-0.1, -0.05) is 6.92 Å². The highest BCUT2D eigenvalue weighted by Crippen LogP contribution is 2.22. The van der Waals surface area contributed by atoms with Crippen LogP contribution >= 0.6 is 0 Å². The van der Waals surface area contributed by atoms with E-state index in [0.29, 0.717) is 17.7 Å². The zero-order valence-corrected chi connectivity index (χ0v) is 12.3. The number of carbonyl (C=O) groups is 2. The highest BCUT2D eigenvalue weighted by molar-refractivity contribution is 6.43. The van der Waals surface area contributed by atoms with Crippen molar-refractivity contribution in [2.45, 2.75) is 46.6 Å². The molecule has 19 heavy (non-hydrogen) atoms. The molecule has 1 heterocycles. The fraction of sp³-hybridized carbons (Fsp3) is 0.571. The minimum Gasteiger partial charge on any atom is -0.345 e. The van der Waals surface area contributed by atoms with Gasteiger partial charge in [0.2, 0.25) is 0 Å². The van der Waals surface area contributed by atoms with Crippen LogP contribution in [0.15, 0.2) is 0 Å². The monoisotopic (exact) mass is 268 g/mol. The summed E-state index contributed by atoms with van der Waals surface area (Å²) in [4.78, 5) is 24.1. The molecule has 0 bridgehead atoms. The van der Waals surface area contributed by atoms with Crippen LogP contribution in [0.1, 0.15) is 49.3 Å². The van der Waals surface area contributed by atoms with Crippen LogP contribution in [0, 0.1) is 12.9 Å². The lowest BCUT2D eigenvalue weighted by Gasteiger charge is -2.19. The molecule has 0 atom stereocenters. The van der Waals surface area contributed by atoms with Gasteiger partial charge in [0.05, 0.1) is 5.56 Å². The van der Waals surface area contributed by atoms with Crippen molar-refractivity contribution in [1.82, 2.24) is 9.88 Å². The Morgan fingerprint density at radius 1 is 1.32 bits per heavy atom. The van der Waals surface area contributed by atoms with Gasteiger partial charge in [-0.2, -0.15) is 4.39 Å². The third-order valence-corrected chi connectivity index (χ3v) is 2.99. The number of ketones is 1. The first-order chi connectivity index (χ1) is 8.60. The van der Waals surface area contributed by atoms with Crippen LogP contribution in [0.4, 0.5) is 4.39 Å². The zero-order chi connectivity index (χ0) is 15.0. The molecule has 0 spiro atoms. The van der Waals surface area contributed by atoms with Crippen molar-refractivity contribution in [2.24, 2.45) is 7.05 Å². The molecule has 1 aromatic rings. The first-order valence-corrected chi connectivity index (χ1v) is 6.30. The largest absolute Gasteiger partial charge is 0.345 e. The Hall–Kier alpha value is -1.65. The van der Waals surface area contributed by atoms with Gasteiger partial charge in [-0.15, -0.1) is 0 Å². The van der Waals surface area contributed by atoms with Crippen LogP contribution in [0.5, 0.6) is 0 Å². The molecule has 1 amide bonds. The first kappa shape index (κ1) is 15.4. The minimum atomic E-state index is -0.698. The molecule has 0 aliphatic carbocycles. The lowest BCUT2D eigenvalue weighted by atomic mass is 10.0. The lowest BCUT2D eigenvalue weighted by Crippen LogP contribution is -2.44. The van der Waals surface area contributed by atoms with Gasteiger partial charge in [0.15, 0.2) is 5.95 Å². The Balaban J connectivity index is 3.21. The number of nitrogens with zero attached hydrogens (tertiary/aromatic N) is 1. The van der Waals surface area contributed by atoms with E-state index in [1.54, 1.807) is 41.7 Å². The van der Waals surface area contributed by atoms with Crippen molar-refractivity contribution in [2.75, 3.05) is 0 Å². The van der Waals surface area contributed by atoms with E-state index in [9.17, 15) is 14.0 Å². The van der Waals surface area contributed by atoms with Crippen molar-refractivity contribution in [1.29, 1.82) is 0 Å². The Morgan fingerprint density at radius 2 is 1.84 bits per heavy atom. The first-order valence-electron chi connectivity index (χ1n) is 6.30. The SMILES string of the molecule is CCc1c(C(=O)C(=O)NC(C)(C)C)c(C)n(C)c1F. The van der Waals surface area contributed by atoms with E-state index in [1.165, 1.54) is 4.57 Å². The van der Waals surface area contributed by atoms with Gasteiger partial charge in [0.1, 0.15) is 0 Å². The number of hydrogen-bond donors (Lipinski definition) is 1. The Bertz CT molecular complexity index is 525. The molecule has 0 aliphatic heterocycles. The number of rotatable bonds is 3. The van der Waals surface area contributed by atoms with Gasteiger partial charge in [-0.25, -0.2) is 0 Å². The third-order valence-electron chi connectivity index (χ3n) is 2.99. The molecule has 1 N–H and O–H groups in total. The van der Waals surface area contributed by atoms with Crippen molar-refractivity contribution in [3.8, 4) is 0 Å². The summed E-state index contributed by atoms with van der Waals surface area (Å²) in [6.07, 6.45) is 0.372. The maximum atomic E-state index is 13.9. The quantitative estimate of drug-likeness (QED) is 0.674. The van der Waals surface area contributed by atoms with Crippen LogP contribution in [0.3, 0.4) is 0 Å². The molecule has 0 radical (unpaired) electrons. The van der Waals surface area contributed by atoms with Gasteiger partial charge in [-0.3, -0.25) is 9.59 Å². The van der Waals surface area contributed by atoms with Crippen LogP contribution in [-0.2, 0) is 18.3 Å².